The van der Waals surface area contributed by atoms with Gasteiger partial charge in [0, 0.05) is 0 Å². The van der Waals surface area contributed by atoms with Gasteiger partial charge < -0.3 is 0 Å². The second-order valence-electron chi connectivity index (χ2n) is 0.894. The average molecular weight is 1070 g/mol. The third-order valence-electron chi connectivity index (χ3n) is 0. The number of rotatable bonds is 0. The zero-order valence-electron chi connectivity index (χ0n) is 16.3. The molecule has 12 nitrogen and oxygen atoms in total. The van der Waals surface area contributed by atoms with Crippen molar-refractivity contribution in [3.63, 3.8) is 0 Å². The molecule has 0 atom stereocenters. The summed E-state index contributed by atoms with van der Waals surface area (Å²) >= 11 is -16.8. The Hall–Kier alpha value is 15.0. The Morgan fingerprint density at radius 1 is 0.286 bits per heavy atom. The topological polar surface area (TPSA) is 253 Å². The Labute approximate surface area is 532 Å². The van der Waals surface area contributed by atoms with Crippen molar-refractivity contribution < 1.29 is 469 Å². The van der Waals surface area contributed by atoms with E-state index in [1.54, 1.807) is 0 Å². The number of halogens is 4. The zero-order valence-corrected chi connectivity index (χ0v) is 51.5. The fourth-order valence-corrected chi connectivity index (χ4v) is 0. The molecule has 28 heavy (non-hydrogen) atoms. The van der Waals surface area contributed by atoms with Gasteiger partial charge in [0.15, 0.2) is 0 Å². The molecular weight excluding hydrogens is 1070 g/mol. The van der Waals surface area contributed by atoms with Crippen LogP contribution in [0.1, 0.15) is 0 Å². The van der Waals surface area contributed by atoms with E-state index in [9.17, 15) is 0 Å². The summed E-state index contributed by atoms with van der Waals surface area (Å²) in [6.45, 7) is 0. The molecule has 0 bridgehead atoms. The minimum absolute atomic E-state index is 0. The Morgan fingerprint density at radius 3 is 0.286 bits per heavy atom. The van der Waals surface area contributed by atoms with Gasteiger partial charge in [-0.2, -0.15) is 0 Å². The summed E-state index contributed by atoms with van der Waals surface area (Å²) in [7, 11) is 0. The second-order valence-corrected chi connectivity index (χ2v) is 6.00. The molecular formula is H4F4K8O12Sb4. The molecule has 0 aliphatic heterocycles. The van der Waals surface area contributed by atoms with Crippen molar-refractivity contribution >= 4 is 84.2 Å². The fourth-order valence-electron chi connectivity index (χ4n) is 0. The van der Waals surface area contributed by atoms with Crippen LogP contribution in [0, 0.1) is 0 Å². The predicted octanol–water partition coefficient (Wildman–Crippen LogP) is -34.9. The first kappa shape index (κ1) is 104. The molecule has 0 heterocycles. The van der Waals surface area contributed by atoms with Gasteiger partial charge in [0.1, 0.15) is 0 Å². The van der Waals surface area contributed by atoms with Gasteiger partial charge in [0.2, 0.25) is 0 Å². The van der Waals surface area contributed by atoms with Crippen LogP contribution in [0.25, 0.3) is 0 Å². The summed E-state index contributed by atoms with van der Waals surface area (Å²) in [5, 5.41) is 0. The molecule has 132 valence electrons. The first-order valence-electron chi connectivity index (χ1n) is 2.19. The molecule has 0 saturated carbocycles. The Balaban J connectivity index is -0.00000000429. The molecule has 0 N–H and O–H groups in total. The van der Waals surface area contributed by atoms with E-state index in [4.69, 9.17) is 39.2 Å². The van der Waals surface area contributed by atoms with Crippen LogP contribution in [-0.2, 0) is 12.1 Å². The molecule has 0 aliphatic carbocycles. The summed E-state index contributed by atoms with van der Waals surface area (Å²) in [5.74, 6) is 0. The molecule has 0 fully saturated rings. The fraction of sp³-hybridized carbons (Fsp3) is 0. The van der Waals surface area contributed by atoms with Crippen LogP contribution >= 0.6 is 0 Å². The predicted molar refractivity (Wildman–Crippen MR) is 35.8 cm³/mol. The quantitative estimate of drug-likeness (QED) is 0.162. The molecule has 0 aromatic rings. The van der Waals surface area contributed by atoms with Crippen LogP contribution in [0.15, 0.2) is 0 Å². The SMILES string of the molecule is F.F.F.F.[K+].[K+].[K+].[K+].[K+].[K+].[K+].[K+].[O]=[Sb]([O-])[O-].[O]=[Sb]([O-])[O-].[O]=[Sb]([O-])[O-].[O]=[Sb]([O-])[O-]. The van der Waals surface area contributed by atoms with E-state index >= 15 is 0 Å². The summed E-state index contributed by atoms with van der Waals surface area (Å²) in [5.41, 5.74) is 0. The number of hydrogen-bond acceptors (Lipinski definition) is 12. The molecule has 0 aromatic carbocycles. The summed E-state index contributed by atoms with van der Waals surface area (Å²) in [6.07, 6.45) is 0. The van der Waals surface area contributed by atoms with Crippen molar-refractivity contribution in [1.29, 1.82) is 0 Å². The molecule has 0 spiro atoms. The first-order valence-corrected chi connectivity index (χ1v) is 14.7. The molecule has 0 amide bonds. The Kier molecular flexibility index (Phi) is 360. The first-order chi connectivity index (χ1) is 6.93. The van der Waals surface area contributed by atoms with Crippen molar-refractivity contribution in [1.82, 2.24) is 0 Å². The van der Waals surface area contributed by atoms with E-state index in [0.29, 0.717) is 0 Å². The van der Waals surface area contributed by atoms with Gasteiger partial charge in [-0.15, -0.1) is 0 Å². The maximum absolute atomic E-state index is 8.60. The monoisotopic (exact) mass is 1070 g/mol. The van der Waals surface area contributed by atoms with E-state index < -0.39 is 84.2 Å². The van der Waals surface area contributed by atoms with E-state index in [2.05, 4.69) is 0 Å². The van der Waals surface area contributed by atoms with Crippen LogP contribution < -0.4 is 438 Å². The van der Waals surface area contributed by atoms with E-state index in [0.717, 1.165) is 0 Å². The van der Waals surface area contributed by atoms with Gasteiger partial charge >= 0.3 is 534 Å². The normalized spacial score (nSPS) is 3.71. The summed E-state index contributed by atoms with van der Waals surface area (Å²) in [6, 6.07) is 0. The molecule has 0 aliphatic rings. The van der Waals surface area contributed by atoms with Crippen molar-refractivity contribution in [3.8, 4) is 0 Å². The summed E-state index contributed by atoms with van der Waals surface area (Å²) < 4.78 is 103. The van der Waals surface area contributed by atoms with Crippen LogP contribution in [0.3, 0.4) is 0 Å². The molecule has 4 radical (unpaired) electrons. The van der Waals surface area contributed by atoms with Crippen LogP contribution in [0.4, 0.5) is 18.8 Å². The standard InChI is InChI=1S/4FH.8K.12O.4Sb/h4*1H;;;;;;;;;;;;;;;;;;;;;;;;/q;;;;8*+1;;;;;8*-1;;;;. The van der Waals surface area contributed by atoms with Crippen LogP contribution in [-0.4, -0.2) is 84.2 Å². The summed E-state index contributed by atoms with van der Waals surface area (Å²) in [4.78, 5) is 0. The Bertz CT molecular complexity index is 192. The minimum atomic E-state index is -4.20. The van der Waals surface area contributed by atoms with Crippen molar-refractivity contribution in [2.75, 3.05) is 0 Å². The van der Waals surface area contributed by atoms with Crippen LogP contribution in [0.5, 0.6) is 0 Å². The van der Waals surface area contributed by atoms with Gasteiger partial charge in [-0.3, -0.25) is 18.8 Å². The average Bonchev–Trinajstić information content (AvgIpc) is 1.76. The maximum atomic E-state index is 8.60. The van der Waals surface area contributed by atoms with Crippen molar-refractivity contribution in [2.24, 2.45) is 0 Å². The molecule has 0 saturated heterocycles. The number of hydrogen-bond donors (Lipinski definition) is 0. The van der Waals surface area contributed by atoms with Gasteiger partial charge in [-0.25, -0.2) is 0 Å². The molecule has 28 heteroatoms. The van der Waals surface area contributed by atoms with Crippen molar-refractivity contribution in [3.05, 3.63) is 0 Å². The second kappa shape index (κ2) is 96.9. The van der Waals surface area contributed by atoms with E-state index in [-0.39, 0.29) is 430 Å². The van der Waals surface area contributed by atoms with Gasteiger partial charge in [0.25, 0.3) is 0 Å². The van der Waals surface area contributed by atoms with Gasteiger partial charge in [-0.1, -0.05) is 0 Å². The molecule has 0 unspecified atom stereocenters. The zero-order chi connectivity index (χ0) is 14.3. The van der Waals surface area contributed by atoms with E-state index in [1.807, 2.05) is 0 Å². The molecule has 0 rings (SSSR count). The third-order valence-corrected chi connectivity index (χ3v) is 0. The van der Waals surface area contributed by atoms with Gasteiger partial charge in [-0.05, 0) is 0 Å². The van der Waals surface area contributed by atoms with Crippen molar-refractivity contribution in [2.45, 2.75) is 0 Å². The van der Waals surface area contributed by atoms with Crippen LogP contribution in [0.2, 0.25) is 0 Å². The Morgan fingerprint density at radius 2 is 0.286 bits per heavy atom. The molecule has 0 aromatic heterocycles. The van der Waals surface area contributed by atoms with Gasteiger partial charge in [0.05, 0.1) is 0 Å². The third kappa shape index (κ3) is 292. The van der Waals surface area contributed by atoms with E-state index in [1.165, 1.54) is 0 Å².